The summed E-state index contributed by atoms with van der Waals surface area (Å²) in [6, 6.07) is 0. The first-order chi connectivity index (χ1) is 4.92. The second kappa shape index (κ2) is 2.84. The monoisotopic (exact) mass is 182 g/mol. The second-order valence-electron chi connectivity index (χ2n) is 2.69. The summed E-state index contributed by atoms with van der Waals surface area (Å²) in [5.74, 6) is 0. The molecule has 0 aromatic rings. The lowest BCUT2D eigenvalue weighted by molar-refractivity contribution is -0.0546. The first-order valence-electron chi connectivity index (χ1n) is 3.29. The van der Waals surface area contributed by atoms with Gasteiger partial charge in [0.1, 0.15) is 6.10 Å². The molecule has 1 aliphatic rings. The van der Waals surface area contributed by atoms with Gasteiger partial charge in [0.25, 0.3) is 0 Å². The van der Waals surface area contributed by atoms with Gasteiger partial charge < -0.3 is 19.6 Å². The first-order valence-corrected chi connectivity index (χ1v) is 5.05. The largest absolute Gasteiger partial charge is 0.390 e. The maximum Gasteiger partial charge on any atom is 0.331 e. The van der Waals surface area contributed by atoms with E-state index in [4.69, 9.17) is 15.1 Å². The van der Waals surface area contributed by atoms with Gasteiger partial charge in [-0.15, -0.1) is 0 Å². The van der Waals surface area contributed by atoms with Crippen LogP contribution >= 0.6 is 7.60 Å². The van der Waals surface area contributed by atoms with E-state index in [9.17, 15) is 4.57 Å². The maximum absolute atomic E-state index is 10.9. The average Bonchev–Trinajstić information content (AvgIpc) is 1.81. The van der Waals surface area contributed by atoms with Crippen LogP contribution in [0.1, 0.15) is 6.92 Å². The topological polar surface area (TPSA) is 87.0 Å². The summed E-state index contributed by atoms with van der Waals surface area (Å²) in [6.07, 6.45) is -3.40. The standard InChI is InChI=1S/C5H11O5P/c1-3-5(7)4(6)2-11(8,9)10-3/h3-7H,2H2,1H3,(H,8,9)/t3-,4+,5-/m1/s1. The number of hydrogen-bond donors (Lipinski definition) is 3. The van der Waals surface area contributed by atoms with Gasteiger partial charge in [-0.25, -0.2) is 0 Å². The number of aliphatic hydroxyl groups excluding tert-OH is 2. The third-order valence-electron chi connectivity index (χ3n) is 1.62. The van der Waals surface area contributed by atoms with Gasteiger partial charge in [0.15, 0.2) is 0 Å². The van der Waals surface area contributed by atoms with Gasteiger partial charge in [-0.2, -0.15) is 0 Å². The molecule has 11 heavy (non-hydrogen) atoms. The third-order valence-corrected chi connectivity index (χ3v) is 3.12. The van der Waals surface area contributed by atoms with Gasteiger partial charge in [0.05, 0.1) is 18.4 Å². The number of hydrogen-bond acceptors (Lipinski definition) is 4. The van der Waals surface area contributed by atoms with Gasteiger partial charge in [-0.3, -0.25) is 4.57 Å². The predicted molar refractivity (Wildman–Crippen MR) is 37.3 cm³/mol. The zero-order valence-corrected chi connectivity index (χ0v) is 6.94. The normalized spacial score (nSPS) is 52.5. The summed E-state index contributed by atoms with van der Waals surface area (Å²) in [6.45, 7) is 1.44. The van der Waals surface area contributed by atoms with Crippen LogP contribution in [0.15, 0.2) is 0 Å². The zero-order valence-electron chi connectivity index (χ0n) is 6.04. The highest BCUT2D eigenvalue weighted by Gasteiger charge is 2.39. The van der Waals surface area contributed by atoms with Crippen molar-refractivity contribution in [1.29, 1.82) is 0 Å². The molecular formula is C5H11O5P. The molecule has 3 N–H and O–H groups in total. The van der Waals surface area contributed by atoms with Gasteiger partial charge in [-0.05, 0) is 6.92 Å². The SMILES string of the molecule is C[C@H]1OP(=O)(O)C[C@H](O)[C@@H]1O. The molecule has 0 bridgehead atoms. The fourth-order valence-electron chi connectivity index (χ4n) is 1.02. The lowest BCUT2D eigenvalue weighted by Gasteiger charge is -2.31. The predicted octanol–water partition coefficient (Wildman–Crippen LogP) is -0.688. The zero-order chi connectivity index (χ0) is 8.65. The molecule has 6 heteroatoms. The van der Waals surface area contributed by atoms with E-state index < -0.39 is 32.1 Å². The van der Waals surface area contributed by atoms with Crippen LogP contribution in [0, 0.1) is 0 Å². The Morgan fingerprint density at radius 1 is 1.55 bits per heavy atom. The van der Waals surface area contributed by atoms with Crippen LogP contribution in [0.5, 0.6) is 0 Å². The Labute approximate surface area is 64.2 Å². The molecule has 1 unspecified atom stereocenters. The van der Waals surface area contributed by atoms with Crippen LogP contribution in [-0.4, -0.2) is 39.6 Å². The van der Waals surface area contributed by atoms with Crippen LogP contribution in [0.4, 0.5) is 0 Å². The van der Waals surface area contributed by atoms with Crippen LogP contribution in [0.25, 0.3) is 0 Å². The molecule has 66 valence electrons. The quantitative estimate of drug-likeness (QED) is 0.432. The lowest BCUT2D eigenvalue weighted by Crippen LogP contribution is -2.43. The van der Waals surface area contributed by atoms with Crippen LogP contribution in [0.2, 0.25) is 0 Å². The Balaban J connectivity index is 2.70. The van der Waals surface area contributed by atoms with Crippen molar-refractivity contribution in [1.82, 2.24) is 0 Å². The van der Waals surface area contributed by atoms with Crippen molar-refractivity contribution in [2.24, 2.45) is 0 Å². The Bertz CT molecular complexity index is 177. The minimum atomic E-state index is -3.65. The Morgan fingerprint density at radius 3 is 2.55 bits per heavy atom. The van der Waals surface area contributed by atoms with Crippen molar-refractivity contribution in [3.05, 3.63) is 0 Å². The highest BCUT2D eigenvalue weighted by molar-refractivity contribution is 7.52. The van der Waals surface area contributed by atoms with E-state index in [1.165, 1.54) is 6.92 Å². The van der Waals surface area contributed by atoms with E-state index in [1.807, 2.05) is 0 Å². The highest BCUT2D eigenvalue weighted by Crippen LogP contribution is 2.48. The van der Waals surface area contributed by atoms with Crippen molar-refractivity contribution in [2.45, 2.75) is 25.2 Å². The molecule has 0 saturated carbocycles. The molecule has 0 aromatic heterocycles. The Morgan fingerprint density at radius 2 is 2.09 bits per heavy atom. The molecule has 0 radical (unpaired) electrons. The number of rotatable bonds is 0. The summed E-state index contributed by atoms with van der Waals surface area (Å²) in [5, 5.41) is 18.1. The summed E-state index contributed by atoms with van der Waals surface area (Å²) in [7, 11) is -3.65. The maximum atomic E-state index is 10.9. The Kier molecular flexibility index (Phi) is 2.37. The van der Waals surface area contributed by atoms with E-state index >= 15 is 0 Å². The van der Waals surface area contributed by atoms with Crippen LogP contribution in [0.3, 0.4) is 0 Å². The van der Waals surface area contributed by atoms with Crippen LogP contribution in [-0.2, 0) is 9.09 Å². The van der Waals surface area contributed by atoms with E-state index in [0.29, 0.717) is 0 Å². The van der Waals surface area contributed by atoms with Crippen molar-refractivity contribution in [3.8, 4) is 0 Å². The van der Waals surface area contributed by atoms with Gasteiger partial charge in [0.2, 0.25) is 0 Å². The van der Waals surface area contributed by atoms with Crippen molar-refractivity contribution in [2.75, 3.05) is 6.16 Å². The highest BCUT2D eigenvalue weighted by atomic mass is 31.2. The molecule has 0 aromatic carbocycles. The number of aliphatic hydroxyl groups is 2. The molecule has 1 aliphatic heterocycles. The summed E-state index contributed by atoms with van der Waals surface area (Å²) in [5.41, 5.74) is 0. The molecule has 1 saturated heterocycles. The van der Waals surface area contributed by atoms with Crippen molar-refractivity contribution < 1.29 is 24.2 Å². The fourth-order valence-corrected chi connectivity index (χ4v) is 2.44. The summed E-state index contributed by atoms with van der Waals surface area (Å²) in [4.78, 5) is 8.90. The molecule has 0 aliphatic carbocycles. The van der Waals surface area contributed by atoms with E-state index in [2.05, 4.69) is 4.52 Å². The third kappa shape index (κ3) is 2.01. The molecule has 4 atom stereocenters. The average molecular weight is 182 g/mol. The van der Waals surface area contributed by atoms with Crippen molar-refractivity contribution in [3.63, 3.8) is 0 Å². The minimum Gasteiger partial charge on any atom is -0.390 e. The van der Waals surface area contributed by atoms with Gasteiger partial charge >= 0.3 is 7.60 Å². The van der Waals surface area contributed by atoms with E-state index in [-0.39, 0.29) is 0 Å². The molecule has 0 amide bonds. The smallest absolute Gasteiger partial charge is 0.331 e. The first kappa shape index (κ1) is 9.16. The molecule has 1 rings (SSSR count). The molecule has 5 nitrogen and oxygen atoms in total. The fraction of sp³-hybridized carbons (Fsp3) is 1.00. The van der Waals surface area contributed by atoms with Gasteiger partial charge in [-0.1, -0.05) is 0 Å². The van der Waals surface area contributed by atoms with Crippen LogP contribution < -0.4 is 0 Å². The second-order valence-corrected chi connectivity index (χ2v) is 4.54. The van der Waals surface area contributed by atoms with Gasteiger partial charge in [0, 0.05) is 0 Å². The minimum absolute atomic E-state index is 0.390. The molecular weight excluding hydrogens is 171 g/mol. The molecule has 0 spiro atoms. The lowest BCUT2D eigenvalue weighted by atomic mass is 10.1. The van der Waals surface area contributed by atoms with E-state index in [1.54, 1.807) is 0 Å². The summed E-state index contributed by atoms with van der Waals surface area (Å²) >= 11 is 0. The molecule has 1 fully saturated rings. The Hall–Kier alpha value is 0.0700. The van der Waals surface area contributed by atoms with Crippen molar-refractivity contribution >= 4 is 7.60 Å². The molecule has 1 heterocycles. The van der Waals surface area contributed by atoms with E-state index in [0.717, 1.165) is 0 Å². The summed E-state index contributed by atoms with van der Waals surface area (Å²) < 4.78 is 15.4.